The summed E-state index contributed by atoms with van der Waals surface area (Å²) in [7, 11) is 0. The largest absolute Gasteiger partial charge is 0.487 e. The number of fused-ring (bicyclic) bond motifs is 1. The molecule has 0 aromatic heterocycles. The highest BCUT2D eigenvalue weighted by molar-refractivity contribution is 5.92. The van der Waals surface area contributed by atoms with Gasteiger partial charge in [0, 0.05) is 6.20 Å². The highest BCUT2D eigenvalue weighted by atomic mass is 16.6. The molecular weight excluding hydrogens is 230 g/mol. The molecule has 0 unspecified atom stereocenters. The Morgan fingerprint density at radius 3 is 2.78 bits per heavy atom. The zero-order valence-electron chi connectivity index (χ0n) is 10.8. The van der Waals surface area contributed by atoms with Crippen LogP contribution in [0.5, 0.6) is 5.75 Å². The van der Waals surface area contributed by atoms with Crippen molar-refractivity contribution in [2.45, 2.75) is 26.4 Å². The zero-order valence-corrected chi connectivity index (χ0v) is 10.8. The molecule has 4 nitrogen and oxygen atoms in total. The van der Waals surface area contributed by atoms with E-state index in [0.717, 1.165) is 0 Å². The molecule has 0 atom stereocenters. The third kappa shape index (κ3) is 2.83. The first-order valence-corrected chi connectivity index (χ1v) is 5.88. The molecule has 0 saturated carbocycles. The summed E-state index contributed by atoms with van der Waals surface area (Å²) in [6, 6.07) is 7.39. The van der Waals surface area contributed by atoms with Crippen LogP contribution in [0.2, 0.25) is 0 Å². The van der Waals surface area contributed by atoms with Gasteiger partial charge in [-0.2, -0.15) is 0 Å². The van der Waals surface area contributed by atoms with Gasteiger partial charge in [-0.05, 0) is 39.0 Å². The van der Waals surface area contributed by atoms with Crippen molar-refractivity contribution in [1.82, 2.24) is 0 Å². The molecule has 96 valence electrons. The van der Waals surface area contributed by atoms with E-state index in [0.29, 0.717) is 18.0 Å². The van der Waals surface area contributed by atoms with Crippen molar-refractivity contribution in [3.05, 3.63) is 36.5 Å². The van der Waals surface area contributed by atoms with Gasteiger partial charge >= 0.3 is 6.09 Å². The van der Waals surface area contributed by atoms with Crippen molar-refractivity contribution in [1.29, 1.82) is 0 Å². The van der Waals surface area contributed by atoms with Crippen LogP contribution in [0, 0.1) is 0 Å². The summed E-state index contributed by atoms with van der Waals surface area (Å²) in [6.45, 7) is 5.97. The molecule has 4 heteroatoms. The van der Waals surface area contributed by atoms with Crippen LogP contribution in [0.3, 0.4) is 0 Å². The van der Waals surface area contributed by atoms with Crippen LogP contribution in [-0.2, 0) is 4.74 Å². The summed E-state index contributed by atoms with van der Waals surface area (Å²) in [5.74, 6) is 0.674. The molecule has 1 aromatic carbocycles. The summed E-state index contributed by atoms with van der Waals surface area (Å²) in [4.78, 5) is 13.6. The average Bonchev–Trinajstić information content (AvgIpc) is 2.48. The Morgan fingerprint density at radius 2 is 2.06 bits per heavy atom. The maximum Gasteiger partial charge on any atom is 0.419 e. The number of rotatable bonds is 0. The highest BCUT2D eigenvalue weighted by Crippen LogP contribution is 2.31. The fourth-order valence-electron chi connectivity index (χ4n) is 1.62. The van der Waals surface area contributed by atoms with Crippen LogP contribution in [0.4, 0.5) is 10.5 Å². The lowest BCUT2D eigenvalue weighted by molar-refractivity contribution is 0.0596. The van der Waals surface area contributed by atoms with Gasteiger partial charge in [-0.15, -0.1) is 0 Å². The van der Waals surface area contributed by atoms with Crippen molar-refractivity contribution < 1.29 is 14.3 Å². The first-order chi connectivity index (χ1) is 8.47. The molecule has 0 fully saturated rings. The Balaban J connectivity index is 2.30. The minimum absolute atomic E-state index is 0.406. The summed E-state index contributed by atoms with van der Waals surface area (Å²) in [5, 5.41) is 0. The van der Waals surface area contributed by atoms with Crippen molar-refractivity contribution in [3.8, 4) is 5.75 Å². The topological polar surface area (TPSA) is 38.8 Å². The van der Waals surface area contributed by atoms with E-state index in [2.05, 4.69) is 0 Å². The van der Waals surface area contributed by atoms with Gasteiger partial charge in [0.2, 0.25) is 0 Å². The zero-order chi connectivity index (χ0) is 13.2. The normalized spacial score (nSPS) is 14.5. The SMILES string of the molecule is CC(C)(C)OC(=O)N1C=CCOc2ccccc21. The summed E-state index contributed by atoms with van der Waals surface area (Å²) >= 11 is 0. The Labute approximate surface area is 107 Å². The predicted molar refractivity (Wildman–Crippen MR) is 69.8 cm³/mol. The molecule has 1 aliphatic rings. The quantitative estimate of drug-likeness (QED) is 0.705. The van der Waals surface area contributed by atoms with Gasteiger partial charge < -0.3 is 9.47 Å². The molecule has 18 heavy (non-hydrogen) atoms. The van der Waals surface area contributed by atoms with E-state index < -0.39 is 11.7 Å². The molecule has 0 radical (unpaired) electrons. The molecule has 2 rings (SSSR count). The van der Waals surface area contributed by atoms with Crippen LogP contribution in [-0.4, -0.2) is 18.3 Å². The van der Waals surface area contributed by atoms with Gasteiger partial charge in [-0.1, -0.05) is 12.1 Å². The van der Waals surface area contributed by atoms with Gasteiger partial charge in [-0.25, -0.2) is 9.69 Å². The number of hydrogen-bond donors (Lipinski definition) is 0. The lowest BCUT2D eigenvalue weighted by atomic mass is 10.2. The van der Waals surface area contributed by atoms with Gasteiger partial charge in [0.15, 0.2) is 0 Å². The molecule has 0 N–H and O–H groups in total. The van der Waals surface area contributed by atoms with Crippen molar-refractivity contribution in [2.75, 3.05) is 11.5 Å². The summed E-state index contributed by atoms with van der Waals surface area (Å²) in [6.07, 6.45) is 3.06. The van der Waals surface area contributed by atoms with Crippen LogP contribution >= 0.6 is 0 Å². The Bertz CT molecular complexity index is 474. The van der Waals surface area contributed by atoms with E-state index in [9.17, 15) is 4.79 Å². The van der Waals surface area contributed by atoms with Crippen molar-refractivity contribution in [3.63, 3.8) is 0 Å². The maximum absolute atomic E-state index is 12.1. The molecule has 0 spiro atoms. The van der Waals surface area contributed by atoms with Crippen molar-refractivity contribution >= 4 is 11.8 Å². The first kappa shape index (κ1) is 12.5. The number of para-hydroxylation sites is 2. The van der Waals surface area contributed by atoms with E-state index in [1.54, 1.807) is 12.3 Å². The number of carbonyl (C=O) groups is 1. The Hall–Kier alpha value is -1.97. The lowest BCUT2D eigenvalue weighted by Gasteiger charge is -2.25. The number of nitrogens with zero attached hydrogens (tertiary/aromatic N) is 1. The number of carbonyl (C=O) groups excluding carboxylic acids is 1. The molecule has 1 aromatic rings. The van der Waals surface area contributed by atoms with Gasteiger partial charge in [0.1, 0.15) is 18.0 Å². The molecular formula is C14H17NO3. The minimum Gasteiger partial charge on any atom is -0.487 e. The number of hydrogen-bond acceptors (Lipinski definition) is 3. The molecule has 0 bridgehead atoms. The van der Waals surface area contributed by atoms with Gasteiger partial charge in [0.05, 0.1) is 5.69 Å². The van der Waals surface area contributed by atoms with Crippen molar-refractivity contribution in [2.24, 2.45) is 0 Å². The van der Waals surface area contributed by atoms with E-state index >= 15 is 0 Å². The lowest BCUT2D eigenvalue weighted by Crippen LogP contribution is -2.33. The predicted octanol–water partition coefficient (Wildman–Crippen LogP) is 3.33. The molecule has 1 amide bonds. The second-order valence-electron chi connectivity index (χ2n) is 5.01. The van der Waals surface area contributed by atoms with E-state index in [-0.39, 0.29) is 0 Å². The minimum atomic E-state index is -0.521. The third-order valence-corrected chi connectivity index (χ3v) is 2.30. The van der Waals surface area contributed by atoms with Crippen LogP contribution in [0.25, 0.3) is 0 Å². The summed E-state index contributed by atoms with van der Waals surface area (Å²) in [5.41, 5.74) is 0.174. The van der Waals surface area contributed by atoms with E-state index in [1.165, 1.54) is 4.90 Å². The molecule has 1 aliphatic heterocycles. The molecule has 0 aliphatic carbocycles. The highest BCUT2D eigenvalue weighted by Gasteiger charge is 2.24. The smallest absolute Gasteiger partial charge is 0.419 e. The first-order valence-electron chi connectivity index (χ1n) is 5.88. The van der Waals surface area contributed by atoms with Gasteiger partial charge in [-0.3, -0.25) is 0 Å². The third-order valence-electron chi connectivity index (χ3n) is 2.30. The molecule has 0 saturated heterocycles. The Kier molecular flexibility index (Phi) is 3.28. The summed E-state index contributed by atoms with van der Waals surface area (Å²) < 4.78 is 10.9. The number of benzene rings is 1. The second-order valence-corrected chi connectivity index (χ2v) is 5.01. The van der Waals surface area contributed by atoms with E-state index in [4.69, 9.17) is 9.47 Å². The van der Waals surface area contributed by atoms with Crippen LogP contribution in [0.15, 0.2) is 36.5 Å². The maximum atomic E-state index is 12.1. The van der Waals surface area contributed by atoms with Gasteiger partial charge in [0.25, 0.3) is 0 Å². The Morgan fingerprint density at radius 1 is 1.33 bits per heavy atom. The number of amides is 1. The standard InChI is InChI=1S/C14H17NO3/c1-14(2,3)18-13(16)15-9-6-10-17-12-8-5-4-7-11(12)15/h4-9H,10H2,1-3H3. The van der Waals surface area contributed by atoms with E-state index in [1.807, 2.05) is 45.0 Å². The monoisotopic (exact) mass is 247 g/mol. The van der Waals surface area contributed by atoms with Crippen LogP contribution in [0.1, 0.15) is 20.8 Å². The molecule has 1 heterocycles. The fraction of sp³-hybridized carbons (Fsp3) is 0.357. The number of anilines is 1. The second kappa shape index (κ2) is 4.72. The average molecular weight is 247 g/mol. The number of ether oxygens (including phenoxy) is 2. The fourth-order valence-corrected chi connectivity index (χ4v) is 1.62. The van der Waals surface area contributed by atoms with Crippen LogP contribution < -0.4 is 9.64 Å².